The van der Waals surface area contributed by atoms with E-state index in [1.54, 1.807) is 0 Å². The second kappa shape index (κ2) is 11.7. The standard InChI is InChI=1S/C45H33N5/c1-4-14-30(15-5-1)43-46-44(31-16-6-2-7-17-31)48-45(47-43)32-24-26-34(27-25-32)50-40-23-13-11-21-36(40)38-28-41-37(29-42(38)50)35-20-10-12-22-39(35)49(41)33-18-8-3-9-19-33/h1-10,12,14-20,22,24-29H,11,13,21,23H2. The summed E-state index contributed by atoms with van der Waals surface area (Å²) in [6, 6.07) is 53.5. The third-order valence-corrected chi connectivity index (χ3v) is 10.2. The lowest BCUT2D eigenvalue weighted by Crippen LogP contribution is -2.07. The number of nitrogens with zero attached hydrogens (tertiary/aromatic N) is 5. The van der Waals surface area contributed by atoms with Gasteiger partial charge in [0.15, 0.2) is 17.5 Å². The zero-order valence-electron chi connectivity index (χ0n) is 27.5. The van der Waals surface area contributed by atoms with Gasteiger partial charge in [-0.05, 0) is 85.8 Å². The van der Waals surface area contributed by atoms with Crippen LogP contribution in [0.2, 0.25) is 0 Å². The van der Waals surface area contributed by atoms with Gasteiger partial charge in [-0.15, -0.1) is 0 Å². The first-order chi connectivity index (χ1) is 24.8. The van der Waals surface area contributed by atoms with Crippen molar-refractivity contribution in [1.29, 1.82) is 0 Å². The van der Waals surface area contributed by atoms with Crippen LogP contribution in [-0.4, -0.2) is 24.1 Å². The van der Waals surface area contributed by atoms with Gasteiger partial charge in [0.2, 0.25) is 0 Å². The second-order valence-electron chi connectivity index (χ2n) is 13.1. The molecule has 1 aliphatic rings. The van der Waals surface area contributed by atoms with Gasteiger partial charge in [0, 0.05) is 49.9 Å². The van der Waals surface area contributed by atoms with Crippen molar-refractivity contribution in [3.05, 3.63) is 163 Å². The molecule has 0 amide bonds. The lowest BCUT2D eigenvalue weighted by atomic mass is 9.95. The van der Waals surface area contributed by atoms with Crippen LogP contribution in [0.3, 0.4) is 0 Å². The lowest BCUT2D eigenvalue weighted by Gasteiger charge is -2.16. The van der Waals surface area contributed by atoms with Crippen LogP contribution in [0.1, 0.15) is 24.1 Å². The third-order valence-electron chi connectivity index (χ3n) is 10.2. The van der Waals surface area contributed by atoms with Crippen molar-refractivity contribution in [2.24, 2.45) is 0 Å². The second-order valence-corrected chi connectivity index (χ2v) is 13.1. The van der Waals surface area contributed by atoms with E-state index in [9.17, 15) is 0 Å². The molecular weight excluding hydrogens is 611 g/mol. The molecule has 0 N–H and O–H groups in total. The SMILES string of the molecule is c1ccc(-c2nc(-c3ccccc3)nc(-c3ccc(-n4c5c(c6cc7c(cc64)c4ccccc4n7-c4ccccc4)CCCC5)cc3)n2)cc1. The van der Waals surface area contributed by atoms with Crippen LogP contribution in [0.5, 0.6) is 0 Å². The van der Waals surface area contributed by atoms with Gasteiger partial charge >= 0.3 is 0 Å². The van der Waals surface area contributed by atoms with Crippen molar-refractivity contribution >= 4 is 32.7 Å². The van der Waals surface area contributed by atoms with E-state index in [0.29, 0.717) is 17.5 Å². The number of fused-ring (bicyclic) bond motifs is 6. The molecule has 238 valence electrons. The molecule has 5 heteroatoms. The highest BCUT2D eigenvalue weighted by molar-refractivity contribution is 6.14. The number of aromatic nitrogens is 5. The van der Waals surface area contributed by atoms with E-state index in [-0.39, 0.29) is 0 Å². The Hall–Kier alpha value is -6.33. The number of hydrogen-bond donors (Lipinski definition) is 0. The van der Waals surface area contributed by atoms with Crippen LogP contribution in [-0.2, 0) is 12.8 Å². The Morgan fingerprint density at radius 2 is 0.880 bits per heavy atom. The highest BCUT2D eigenvalue weighted by Crippen LogP contribution is 2.41. The molecule has 0 aliphatic heterocycles. The predicted octanol–water partition coefficient (Wildman–Crippen LogP) is 10.8. The number of hydrogen-bond acceptors (Lipinski definition) is 3. The molecule has 1 aliphatic carbocycles. The van der Waals surface area contributed by atoms with Gasteiger partial charge in [0.05, 0.1) is 16.6 Å². The summed E-state index contributed by atoms with van der Waals surface area (Å²) in [7, 11) is 0. The number of aryl methyl sites for hydroxylation is 1. The van der Waals surface area contributed by atoms with Gasteiger partial charge in [-0.3, -0.25) is 0 Å². The van der Waals surface area contributed by atoms with Crippen molar-refractivity contribution in [3.63, 3.8) is 0 Å². The highest BCUT2D eigenvalue weighted by atomic mass is 15.0. The van der Waals surface area contributed by atoms with E-state index >= 15 is 0 Å². The summed E-state index contributed by atoms with van der Waals surface area (Å²) in [6.07, 6.45) is 4.60. The molecule has 5 nitrogen and oxygen atoms in total. The van der Waals surface area contributed by atoms with Crippen LogP contribution < -0.4 is 0 Å². The molecule has 0 fully saturated rings. The molecule has 9 aromatic rings. The maximum atomic E-state index is 4.97. The smallest absolute Gasteiger partial charge is 0.164 e. The molecule has 6 aromatic carbocycles. The van der Waals surface area contributed by atoms with E-state index in [1.807, 2.05) is 60.7 Å². The minimum absolute atomic E-state index is 0.666. The fourth-order valence-electron chi connectivity index (χ4n) is 7.85. The summed E-state index contributed by atoms with van der Waals surface area (Å²) in [5, 5.41) is 3.90. The Labute approximate surface area is 290 Å². The van der Waals surface area contributed by atoms with Crippen LogP contribution in [0.25, 0.3) is 78.2 Å². The Bertz CT molecular complexity index is 2610. The van der Waals surface area contributed by atoms with Crippen molar-refractivity contribution in [2.45, 2.75) is 25.7 Å². The van der Waals surface area contributed by atoms with Gasteiger partial charge in [0.1, 0.15) is 0 Å². The Balaban J connectivity index is 1.14. The van der Waals surface area contributed by atoms with Crippen LogP contribution in [0.4, 0.5) is 0 Å². The monoisotopic (exact) mass is 643 g/mol. The average molecular weight is 644 g/mol. The summed E-state index contributed by atoms with van der Waals surface area (Å²) in [5.74, 6) is 2.00. The van der Waals surface area contributed by atoms with E-state index < -0.39 is 0 Å². The van der Waals surface area contributed by atoms with Crippen molar-refractivity contribution < 1.29 is 0 Å². The summed E-state index contributed by atoms with van der Waals surface area (Å²) < 4.78 is 4.94. The highest BCUT2D eigenvalue weighted by Gasteiger charge is 2.24. The van der Waals surface area contributed by atoms with Crippen LogP contribution in [0.15, 0.2) is 152 Å². The normalized spacial score (nSPS) is 12.9. The largest absolute Gasteiger partial charge is 0.313 e. The zero-order valence-corrected chi connectivity index (χ0v) is 27.5. The van der Waals surface area contributed by atoms with Crippen molar-refractivity contribution in [3.8, 4) is 45.5 Å². The Morgan fingerprint density at radius 3 is 1.54 bits per heavy atom. The summed E-state index contributed by atoms with van der Waals surface area (Å²) >= 11 is 0. The van der Waals surface area contributed by atoms with Crippen molar-refractivity contribution in [2.75, 3.05) is 0 Å². The molecule has 3 heterocycles. The fourth-order valence-corrected chi connectivity index (χ4v) is 7.85. The molecule has 0 radical (unpaired) electrons. The Kier molecular flexibility index (Phi) is 6.69. The number of rotatable bonds is 5. The van der Waals surface area contributed by atoms with E-state index in [1.165, 1.54) is 62.5 Å². The molecule has 0 unspecified atom stereocenters. The minimum atomic E-state index is 0.666. The molecule has 0 saturated carbocycles. The van der Waals surface area contributed by atoms with Gasteiger partial charge in [-0.25, -0.2) is 15.0 Å². The number of benzene rings is 6. The fraction of sp³-hybridized carbons (Fsp3) is 0.0889. The molecule has 50 heavy (non-hydrogen) atoms. The maximum absolute atomic E-state index is 4.97. The summed E-state index contributed by atoms with van der Waals surface area (Å²) in [5.41, 5.74) is 11.9. The van der Waals surface area contributed by atoms with E-state index in [0.717, 1.165) is 35.2 Å². The maximum Gasteiger partial charge on any atom is 0.164 e. The lowest BCUT2D eigenvalue weighted by molar-refractivity contribution is 0.667. The van der Waals surface area contributed by atoms with Crippen LogP contribution >= 0.6 is 0 Å². The van der Waals surface area contributed by atoms with Gasteiger partial charge in [-0.1, -0.05) is 97.1 Å². The molecule has 0 spiro atoms. The Morgan fingerprint density at radius 1 is 0.380 bits per heavy atom. The van der Waals surface area contributed by atoms with Gasteiger partial charge in [-0.2, -0.15) is 0 Å². The van der Waals surface area contributed by atoms with E-state index in [4.69, 9.17) is 15.0 Å². The predicted molar refractivity (Wildman–Crippen MR) is 204 cm³/mol. The molecule has 0 atom stereocenters. The zero-order chi connectivity index (χ0) is 33.0. The van der Waals surface area contributed by atoms with Crippen LogP contribution in [0, 0.1) is 0 Å². The minimum Gasteiger partial charge on any atom is -0.313 e. The molecule has 0 bridgehead atoms. The van der Waals surface area contributed by atoms with Gasteiger partial charge < -0.3 is 9.13 Å². The molecule has 0 saturated heterocycles. The topological polar surface area (TPSA) is 48.5 Å². The van der Waals surface area contributed by atoms with Gasteiger partial charge in [0.25, 0.3) is 0 Å². The quantitative estimate of drug-likeness (QED) is 0.187. The third kappa shape index (κ3) is 4.66. The first kappa shape index (κ1) is 28.7. The van der Waals surface area contributed by atoms with E-state index in [2.05, 4.69) is 100 Å². The molecule has 10 rings (SSSR count). The average Bonchev–Trinajstić information content (AvgIpc) is 3.70. The summed E-state index contributed by atoms with van der Waals surface area (Å²) in [4.78, 5) is 14.8. The first-order valence-electron chi connectivity index (χ1n) is 17.4. The van der Waals surface area contributed by atoms with Crippen molar-refractivity contribution in [1.82, 2.24) is 24.1 Å². The molecule has 3 aromatic heterocycles. The summed E-state index contributed by atoms with van der Waals surface area (Å²) in [6.45, 7) is 0. The first-order valence-corrected chi connectivity index (χ1v) is 17.4. The number of para-hydroxylation sites is 2. The molecular formula is C45H33N5.